The number of allylic oxidation sites excluding steroid dienone is 4. The largest absolute Gasteiger partial charge is 0.481 e. The maximum atomic E-state index is 14.9. The number of nitrogens with zero attached hydrogens (tertiary/aromatic N) is 2. The first kappa shape index (κ1) is 25.1. The minimum atomic E-state index is -1.69. The van der Waals surface area contributed by atoms with Crippen molar-refractivity contribution in [3.05, 3.63) is 40.5 Å². The molecule has 3 unspecified atom stereocenters. The van der Waals surface area contributed by atoms with E-state index >= 15 is 0 Å². The van der Waals surface area contributed by atoms with Gasteiger partial charge in [-0.05, 0) is 49.7 Å². The molecule has 0 spiro atoms. The van der Waals surface area contributed by atoms with Gasteiger partial charge in [-0.15, -0.1) is 0 Å². The van der Waals surface area contributed by atoms with Gasteiger partial charge >= 0.3 is 5.97 Å². The minimum absolute atomic E-state index is 0.0297. The van der Waals surface area contributed by atoms with Crippen LogP contribution in [0.2, 0.25) is 0 Å². The molecule has 180 valence electrons. The fourth-order valence-electron chi connectivity index (χ4n) is 4.46. The van der Waals surface area contributed by atoms with Crippen molar-refractivity contribution in [1.82, 2.24) is 15.3 Å². The van der Waals surface area contributed by atoms with Gasteiger partial charge in [-0.3, -0.25) is 9.59 Å². The van der Waals surface area contributed by atoms with Gasteiger partial charge in [0.25, 0.3) is 5.91 Å². The summed E-state index contributed by atoms with van der Waals surface area (Å²) in [6, 6.07) is 0. The highest BCUT2D eigenvalue weighted by Gasteiger charge is 2.39. The Bertz CT molecular complexity index is 976. The van der Waals surface area contributed by atoms with E-state index in [1.807, 2.05) is 13.8 Å². The second-order valence-corrected chi connectivity index (χ2v) is 9.87. The summed E-state index contributed by atoms with van der Waals surface area (Å²) in [5.41, 5.74) is -0.270. The number of hydrogen-bond donors (Lipinski definition) is 3. The second-order valence-electron chi connectivity index (χ2n) is 9.46. The number of anilines is 1. The van der Waals surface area contributed by atoms with Gasteiger partial charge in [-0.1, -0.05) is 38.8 Å². The molecule has 1 heterocycles. The smallest absolute Gasteiger partial charge is 0.303 e. The molecule has 2 aliphatic carbocycles. The van der Waals surface area contributed by atoms with Crippen LogP contribution in [0.25, 0.3) is 0 Å². The lowest BCUT2D eigenvalue weighted by Crippen LogP contribution is -2.34. The van der Waals surface area contributed by atoms with Crippen LogP contribution in [0.5, 0.6) is 0 Å². The van der Waals surface area contributed by atoms with Gasteiger partial charge < -0.3 is 15.7 Å². The van der Waals surface area contributed by atoms with Crippen molar-refractivity contribution in [3.63, 3.8) is 0 Å². The monoisotopic (exact) mass is 478 g/mol. The molecular weight excluding hydrogens is 447 g/mol. The highest BCUT2D eigenvalue weighted by Crippen LogP contribution is 2.40. The van der Waals surface area contributed by atoms with Crippen LogP contribution in [-0.2, 0) is 4.79 Å². The number of aromatic nitrogens is 2. The molecule has 1 aromatic heterocycles. The maximum Gasteiger partial charge on any atom is 0.303 e. The van der Waals surface area contributed by atoms with Crippen molar-refractivity contribution < 1.29 is 19.1 Å². The van der Waals surface area contributed by atoms with Crippen molar-refractivity contribution in [3.8, 4) is 0 Å². The number of amides is 1. The molecule has 1 amide bonds. The van der Waals surface area contributed by atoms with Crippen molar-refractivity contribution in [2.24, 2.45) is 17.8 Å². The molecule has 0 aliphatic heterocycles. The predicted octanol–water partition coefficient (Wildman–Crippen LogP) is 5.02. The Labute approximate surface area is 198 Å². The SMILES string of the molecule is CC(C)c1nc(C(=O)NCC2CCCC2CC(=O)O)cnc1NC1=CC=C(Cl)C(C)(F)[C@H]1C. The highest BCUT2D eigenvalue weighted by atomic mass is 35.5. The summed E-state index contributed by atoms with van der Waals surface area (Å²) in [5, 5.41) is 15.3. The summed E-state index contributed by atoms with van der Waals surface area (Å²) in [6.45, 7) is 7.50. The zero-order valence-corrected chi connectivity index (χ0v) is 20.2. The third kappa shape index (κ3) is 5.72. The number of carboxylic acids is 1. The van der Waals surface area contributed by atoms with Gasteiger partial charge in [-0.2, -0.15) is 0 Å². The Morgan fingerprint density at radius 3 is 2.67 bits per heavy atom. The summed E-state index contributed by atoms with van der Waals surface area (Å²) >= 11 is 6.03. The van der Waals surface area contributed by atoms with Gasteiger partial charge in [0.1, 0.15) is 5.69 Å². The summed E-state index contributed by atoms with van der Waals surface area (Å²) < 4.78 is 14.9. The van der Waals surface area contributed by atoms with Crippen molar-refractivity contribution >= 4 is 29.3 Å². The Balaban J connectivity index is 1.72. The molecular formula is C24H32ClFN4O3. The zero-order chi connectivity index (χ0) is 24.3. The third-order valence-electron chi connectivity index (χ3n) is 6.78. The van der Waals surface area contributed by atoms with Gasteiger partial charge in [-0.25, -0.2) is 14.4 Å². The summed E-state index contributed by atoms with van der Waals surface area (Å²) in [6.07, 6.45) is 7.55. The van der Waals surface area contributed by atoms with E-state index in [2.05, 4.69) is 20.6 Å². The van der Waals surface area contributed by atoms with Crippen LogP contribution in [-0.4, -0.2) is 39.2 Å². The van der Waals surface area contributed by atoms with Gasteiger partial charge in [0.15, 0.2) is 11.5 Å². The Morgan fingerprint density at radius 2 is 2.00 bits per heavy atom. The molecule has 1 saturated carbocycles. The topological polar surface area (TPSA) is 104 Å². The molecule has 1 fully saturated rings. The van der Waals surface area contributed by atoms with Crippen LogP contribution in [0.3, 0.4) is 0 Å². The number of carbonyl (C=O) groups excluding carboxylic acids is 1. The van der Waals surface area contributed by atoms with E-state index in [0.29, 0.717) is 23.8 Å². The summed E-state index contributed by atoms with van der Waals surface area (Å²) in [5.74, 6) is -0.975. The van der Waals surface area contributed by atoms with E-state index in [-0.39, 0.29) is 40.8 Å². The average molecular weight is 479 g/mol. The molecule has 0 saturated heterocycles. The normalized spacial score (nSPS) is 27.2. The van der Waals surface area contributed by atoms with Gasteiger partial charge in [0.2, 0.25) is 0 Å². The van der Waals surface area contributed by atoms with Crippen LogP contribution in [0.1, 0.15) is 75.5 Å². The van der Waals surface area contributed by atoms with Gasteiger partial charge in [0.05, 0.1) is 16.9 Å². The molecule has 2 aliphatic rings. The molecule has 3 N–H and O–H groups in total. The Morgan fingerprint density at radius 1 is 1.30 bits per heavy atom. The first-order valence-corrected chi connectivity index (χ1v) is 11.8. The highest BCUT2D eigenvalue weighted by molar-refractivity contribution is 6.31. The number of hydrogen-bond acceptors (Lipinski definition) is 5. The predicted molar refractivity (Wildman–Crippen MR) is 126 cm³/mol. The first-order valence-electron chi connectivity index (χ1n) is 11.4. The average Bonchev–Trinajstić information content (AvgIpc) is 3.19. The molecule has 0 radical (unpaired) electrons. The molecule has 3 rings (SSSR count). The molecule has 4 atom stereocenters. The fourth-order valence-corrected chi connectivity index (χ4v) is 4.68. The van der Waals surface area contributed by atoms with E-state index in [9.17, 15) is 14.0 Å². The molecule has 7 nitrogen and oxygen atoms in total. The lowest BCUT2D eigenvalue weighted by atomic mass is 9.85. The van der Waals surface area contributed by atoms with E-state index in [0.717, 1.165) is 19.3 Å². The number of aliphatic carboxylic acids is 1. The zero-order valence-electron chi connectivity index (χ0n) is 19.5. The van der Waals surface area contributed by atoms with Gasteiger partial charge in [0, 0.05) is 24.6 Å². The van der Waals surface area contributed by atoms with Crippen LogP contribution >= 0.6 is 11.6 Å². The Hall–Kier alpha value is -2.48. The molecule has 1 aromatic rings. The lowest BCUT2D eigenvalue weighted by molar-refractivity contribution is -0.138. The minimum Gasteiger partial charge on any atom is -0.481 e. The third-order valence-corrected chi connectivity index (χ3v) is 7.27. The first-order chi connectivity index (χ1) is 15.5. The number of carbonyl (C=O) groups is 2. The number of rotatable bonds is 8. The van der Waals surface area contributed by atoms with Crippen LogP contribution < -0.4 is 10.6 Å². The fraction of sp³-hybridized carbons (Fsp3) is 0.583. The number of halogens is 2. The van der Waals surface area contributed by atoms with E-state index in [4.69, 9.17) is 16.7 Å². The van der Waals surface area contributed by atoms with Crippen molar-refractivity contribution in [2.45, 2.75) is 65.0 Å². The van der Waals surface area contributed by atoms with E-state index < -0.39 is 17.6 Å². The molecule has 0 bridgehead atoms. The number of carboxylic acid groups (broad SMARTS) is 1. The maximum absolute atomic E-state index is 14.9. The van der Waals surface area contributed by atoms with E-state index in [1.54, 1.807) is 13.0 Å². The second kappa shape index (κ2) is 10.2. The van der Waals surface area contributed by atoms with Crippen LogP contribution in [0.4, 0.5) is 10.2 Å². The number of alkyl halides is 1. The molecule has 33 heavy (non-hydrogen) atoms. The van der Waals surface area contributed by atoms with Crippen molar-refractivity contribution in [1.29, 1.82) is 0 Å². The van der Waals surface area contributed by atoms with Crippen LogP contribution in [0, 0.1) is 17.8 Å². The lowest BCUT2D eigenvalue weighted by Gasteiger charge is -2.32. The number of nitrogens with one attached hydrogen (secondary N) is 2. The Kier molecular flexibility index (Phi) is 7.77. The van der Waals surface area contributed by atoms with Crippen LogP contribution in [0.15, 0.2) is 29.1 Å². The van der Waals surface area contributed by atoms with Crippen molar-refractivity contribution in [2.75, 3.05) is 11.9 Å². The standard InChI is InChI=1S/C24H32ClFN4O3/c1-13(2)21-22(30-17-8-9-19(25)24(4,26)14(17)3)27-12-18(29-21)23(33)28-11-16-7-5-6-15(16)10-20(31)32/h8-9,12-16H,5-7,10-11H2,1-4H3,(H,27,30)(H,28,33)(H,31,32)/t14-,15?,16?,24?/m0/s1. The summed E-state index contributed by atoms with van der Waals surface area (Å²) in [7, 11) is 0. The summed E-state index contributed by atoms with van der Waals surface area (Å²) in [4.78, 5) is 32.8. The molecule has 9 heteroatoms. The quantitative estimate of drug-likeness (QED) is 0.484. The van der Waals surface area contributed by atoms with E-state index in [1.165, 1.54) is 19.2 Å². The molecule has 0 aromatic carbocycles.